The fourth-order valence-corrected chi connectivity index (χ4v) is 3.73. The third-order valence-corrected chi connectivity index (χ3v) is 5.30. The van der Waals surface area contributed by atoms with Crippen LogP contribution in [0.4, 0.5) is 14.9 Å². The highest BCUT2D eigenvalue weighted by Crippen LogP contribution is 2.28. The van der Waals surface area contributed by atoms with Gasteiger partial charge in [0.15, 0.2) is 0 Å². The van der Waals surface area contributed by atoms with Crippen molar-refractivity contribution in [1.29, 1.82) is 0 Å². The van der Waals surface area contributed by atoms with E-state index in [1.165, 1.54) is 11.6 Å². The molecule has 1 aliphatic rings. The molecule has 0 saturated carbocycles. The average Bonchev–Trinajstić information content (AvgIpc) is 2.73. The van der Waals surface area contributed by atoms with Crippen LogP contribution in [0.1, 0.15) is 23.1 Å². The molecular weight excluding hydrogens is 367 g/mol. The second-order valence-corrected chi connectivity index (χ2v) is 7.32. The van der Waals surface area contributed by atoms with E-state index in [-0.39, 0.29) is 18.0 Å². The average molecular weight is 390 g/mol. The molecule has 0 aromatic heterocycles. The van der Waals surface area contributed by atoms with Crippen molar-refractivity contribution in [3.63, 3.8) is 0 Å². The van der Waals surface area contributed by atoms with E-state index in [1.54, 1.807) is 18.2 Å². The number of urea groups is 1. The zero-order valence-electron chi connectivity index (χ0n) is 16.0. The number of benzene rings is 3. The molecule has 29 heavy (non-hydrogen) atoms. The zero-order valence-corrected chi connectivity index (χ0v) is 16.0. The first-order valence-electron chi connectivity index (χ1n) is 9.77. The Morgan fingerprint density at radius 3 is 2.62 bits per heavy atom. The van der Waals surface area contributed by atoms with Crippen LogP contribution in [0.2, 0.25) is 0 Å². The maximum absolute atomic E-state index is 13.9. The minimum atomic E-state index is -0.360. The van der Waals surface area contributed by atoms with Crippen molar-refractivity contribution in [2.45, 2.75) is 31.9 Å². The van der Waals surface area contributed by atoms with Gasteiger partial charge in [-0.1, -0.05) is 54.6 Å². The fraction of sp³-hybridized carbons (Fsp3) is 0.208. The van der Waals surface area contributed by atoms with Gasteiger partial charge >= 0.3 is 6.03 Å². The van der Waals surface area contributed by atoms with Crippen molar-refractivity contribution in [1.82, 2.24) is 5.32 Å². The van der Waals surface area contributed by atoms with Crippen molar-refractivity contribution in [3.8, 4) is 11.1 Å². The number of anilines is 1. The van der Waals surface area contributed by atoms with Crippen molar-refractivity contribution in [3.05, 3.63) is 89.2 Å². The van der Waals surface area contributed by atoms with Crippen molar-refractivity contribution in [2.24, 2.45) is 0 Å². The fourth-order valence-electron chi connectivity index (χ4n) is 3.73. The van der Waals surface area contributed by atoms with Crippen LogP contribution in [0.3, 0.4) is 0 Å². The van der Waals surface area contributed by atoms with E-state index in [0.29, 0.717) is 18.5 Å². The van der Waals surface area contributed by atoms with Gasteiger partial charge < -0.3 is 15.7 Å². The second-order valence-electron chi connectivity index (χ2n) is 7.32. The second kappa shape index (κ2) is 8.45. The van der Waals surface area contributed by atoms with Crippen LogP contribution < -0.4 is 10.6 Å². The lowest BCUT2D eigenvalue weighted by Crippen LogP contribution is -2.29. The van der Waals surface area contributed by atoms with Gasteiger partial charge in [0.25, 0.3) is 0 Å². The molecule has 1 unspecified atom stereocenters. The van der Waals surface area contributed by atoms with Gasteiger partial charge in [-0.05, 0) is 47.2 Å². The van der Waals surface area contributed by atoms with Gasteiger partial charge in [-0.15, -0.1) is 0 Å². The summed E-state index contributed by atoms with van der Waals surface area (Å²) in [5.41, 5.74) is 5.21. The van der Waals surface area contributed by atoms with E-state index in [2.05, 4.69) is 10.6 Å². The van der Waals surface area contributed by atoms with Crippen LogP contribution in [0, 0.1) is 5.82 Å². The molecule has 148 valence electrons. The number of fused-ring (bicyclic) bond motifs is 1. The molecule has 4 rings (SSSR count). The lowest BCUT2D eigenvalue weighted by atomic mass is 9.88. The summed E-state index contributed by atoms with van der Waals surface area (Å²) in [6.45, 7) is 0.362. The molecule has 0 radical (unpaired) electrons. The van der Waals surface area contributed by atoms with Crippen LogP contribution in [0.5, 0.6) is 0 Å². The van der Waals surface area contributed by atoms with Gasteiger partial charge in [-0.2, -0.15) is 0 Å². The number of nitrogens with one attached hydrogen (secondary N) is 2. The SMILES string of the molecule is O=C(NCc1ccc(-c2ccccc2F)cc1)Nc1cccc2c1CC(O)CC2. The predicted octanol–water partition coefficient (Wildman–Crippen LogP) is 4.66. The first-order chi connectivity index (χ1) is 14.1. The van der Waals surface area contributed by atoms with Gasteiger partial charge in [0, 0.05) is 24.2 Å². The Morgan fingerprint density at radius 2 is 1.83 bits per heavy atom. The van der Waals surface area contributed by atoms with E-state index in [1.807, 2.05) is 42.5 Å². The van der Waals surface area contributed by atoms with Gasteiger partial charge in [0.05, 0.1) is 6.10 Å². The number of aliphatic hydroxyl groups excluding tert-OH is 1. The number of carbonyl (C=O) groups is 1. The number of hydrogen-bond acceptors (Lipinski definition) is 2. The number of carbonyl (C=O) groups excluding carboxylic acids is 1. The first-order valence-corrected chi connectivity index (χ1v) is 9.77. The predicted molar refractivity (Wildman–Crippen MR) is 112 cm³/mol. The highest BCUT2D eigenvalue weighted by molar-refractivity contribution is 5.90. The molecule has 3 aromatic rings. The molecule has 0 heterocycles. The largest absolute Gasteiger partial charge is 0.393 e. The Bertz CT molecular complexity index is 1020. The summed E-state index contributed by atoms with van der Waals surface area (Å²) in [6.07, 6.45) is 1.78. The quantitative estimate of drug-likeness (QED) is 0.607. The molecule has 0 bridgehead atoms. The van der Waals surface area contributed by atoms with E-state index in [9.17, 15) is 14.3 Å². The van der Waals surface area contributed by atoms with Crippen LogP contribution in [0.15, 0.2) is 66.7 Å². The molecule has 0 saturated heterocycles. The van der Waals surface area contributed by atoms with Crippen LogP contribution in [-0.4, -0.2) is 17.2 Å². The summed E-state index contributed by atoms with van der Waals surface area (Å²) >= 11 is 0. The Labute approximate surface area is 169 Å². The molecule has 4 nitrogen and oxygen atoms in total. The van der Waals surface area contributed by atoms with Crippen LogP contribution >= 0.6 is 0 Å². The van der Waals surface area contributed by atoms with E-state index in [0.717, 1.165) is 35.2 Å². The van der Waals surface area contributed by atoms with Crippen molar-refractivity contribution >= 4 is 11.7 Å². The van der Waals surface area contributed by atoms with Crippen molar-refractivity contribution in [2.75, 3.05) is 5.32 Å². The van der Waals surface area contributed by atoms with E-state index in [4.69, 9.17) is 0 Å². The molecule has 1 aliphatic carbocycles. The lowest BCUT2D eigenvalue weighted by Gasteiger charge is -2.23. The third-order valence-electron chi connectivity index (χ3n) is 5.30. The number of halogens is 1. The molecule has 0 fully saturated rings. The molecule has 3 aromatic carbocycles. The molecule has 1 atom stereocenters. The van der Waals surface area contributed by atoms with Crippen molar-refractivity contribution < 1.29 is 14.3 Å². The summed E-state index contributed by atoms with van der Waals surface area (Å²) in [5, 5.41) is 15.7. The first kappa shape index (κ1) is 19.2. The Kier molecular flexibility index (Phi) is 5.58. The minimum absolute atomic E-state index is 0.255. The molecule has 2 amide bonds. The summed E-state index contributed by atoms with van der Waals surface area (Å²) in [4.78, 5) is 12.4. The van der Waals surface area contributed by atoms with Gasteiger partial charge in [-0.25, -0.2) is 9.18 Å². The number of aliphatic hydroxyl groups is 1. The number of rotatable bonds is 4. The third kappa shape index (κ3) is 4.46. The summed E-state index contributed by atoms with van der Waals surface area (Å²) < 4.78 is 13.9. The number of amides is 2. The molecule has 0 spiro atoms. The normalized spacial score (nSPS) is 15.4. The summed E-state index contributed by atoms with van der Waals surface area (Å²) in [5.74, 6) is -0.255. The highest BCUT2D eigenvalue weighted by Gasteiger charge is 2.19. The van der Waals surface area contributed by atoms with Crippen LogP contribution in [-0.2, 0) is 19.4 Å². The zero-order chi connectivity index (χ0) is 20.2. The van der Waals surface area contributed by atoms with Gasteiger partial charge in [0.1, 0.15) is 5.82 Å². The topological polar surface area (TPSA) is 61.4 Å². The van der Waals surface area contributed by atoms with E-state index >= 15 is 0 Å². The summed E-state index contributed by atoms with van der Waals surface area (Å²) in [7, 11) is 0. The van der Waals surface area contributed by atoms with Gasteiger partial charge in [0.2, 0.25) is 0 Å². The molecule has 0 aliphatic heterocycles. The smallest absolute Gasteiger partial charge is 0.319 e. The number of hydrogen-bond donors (Lipinski definition) is 3. The lowest BCUT2D eigenvalue weighted by molar-refractivity contribution is 0.159. The van der Waals surface area contributed by atoms with E-state index < -0.39 is 0 Å². The maximum Gasteiger partial charge on any atom is 0.319 e. The molecule has 3 N–H and O–H groups in total. The summed E-state index contributed by atoms with van der Waals surface area (Å²) in [6, 6.07) is 19.6. The number of aryl methyl sites for hydroxylation is 1. The standard InChI is InChI=1S/C24H23FN2O2/c25-22-6-2-1-5-20(22)18-10-8-16(9-11-18)15-26-24(29)27-23-7-3-4-17-12-13-19(28)14-21(17)23/h1-11,19,28H,12-15H2,(H2,26,27,29). The Balaban J connectivity index is 1.38. The van der Waals surface area contributed by atoms with Gasteiger partial charge in [-0.3, -0.25) is 0 Å². The Morgan fingerprint density at radius 1 is 1.03 bits per heavy atom. The maximum atomic E-state index is 13.9. The minimum Gasteiger partial charge on any atom is -0.393 e. The monoisotopic (exact) mass is 390 g/mol. The highest BCUT2D eigenvalue weighted by atomic mass is 19.1. The van der Waals surface area contributed by atoms with Crippen LogP contribution in [0.25, 0.3) is 11.1 Å². The molecular formula is C24H23FN2O2. The molecule has 5 heteroatoms. The Hall–Kier alpha value is -3.18.